The van der Waals surface area contributed by atoms with Gasteiger partial charge in [-0.2, -0.15) is 20.1 Å². The van der Waals surface area contributed by atoms with E-state index in [1.54, 1.807) is 6.21 Å². The largest absolute Gasteiger partial charge is 0.488 e. The van der Waals surface area contributed by atoms with Crippen LogP contribution in [0.2, 0.25) is 5.02 Å². The highest BCUT2D eigenvalue weighted by molar-refractivity contribution is 9.10. The van der Waals surface area contributed by atoms with Gasteiger partial charge in [-0.1, -0.05) is 63.9 Å². The van der Waals surface area contributed by atoms with Crippen LogP contribution in [0, 0.1) is 0 Å². The maximum absolute atomic E-state index is 6.28. The van der Waals surface area contributed by atoms with E-state index in [0.717, 1.165) is 21.3 Å². The van der Waals surface area contributed by atoms with Crippen LogP contribution >= 0.6 is 27.5 Å². The number of hydrogen-bond acceptors (Lipinski definition) is 9. The Morgan fingerprint density at radius 3 is 2.55 bits per heavy atom. The van der Waals surface area contributed by atoms with Crippen molar-refractivity contribution in [3.8, 4) is 5.75 Å². The number of morpholine rings is 1. The molecule has 2 N–H and O–H groups in total. The van der Waals surface area contributed by atoms with Crippen LogP contribution in [0.25, 0.3) is 0 Å². The van der Waals surface area contributed by atoms with E-state index in [2.05, 4.69) is 51.6 Å². The number of hydrogen-bond donors (Lipinski definition) is 2. The maximum atomic E-state index is 6.28. The molecule has 0 bridgehead atoms. The Hall–Kier alpha value is -3.73. The van der Waals surface area contributed by atoms with E-state index < -0.39 is 0 Å². The van der Waals surface area contributed by atoms with Gasteiger partial charge in [-0.25, -0.2) is 5.43 Å². The second-order valence-corrected chi connectivity index (χ2v) is 9.63. The number of halogens is 2. The molecular formula is C27H25BrClN7O2. The van der Waals surface area contributed by atoms with E-state index in [9.17, 15) is 0 Å². The molecule has 1 fully saturated rings. The van der Waals surface area contributed by atoms with Gasteiger partial charge in [0, 0.05) is 39.4 Å². The SMILES string of the molecule is Clc1ccccc1COc1ccc(Br)cc1/C=N/Nc1nc(Nc2ccccc2)nc(N2CCOCC2)n1. The van der Waals surface area contributed by atoms with Crippen molar-refractivity contribution in [3.05, 3.63) is 93.4 Å². The van der Waals surface area contributed by atoms with Gasteiger partial charge in [-0.05, 0) is 36.4 Å². The third kappa shape index (κ3) is 6.97. The van der Waals surface area contributed by atoms with E-state index in [0.29, 0.717) is 61.5 Å². The number of rotatable bonds is 9. The molecule has 0 amide bonds. The van der Waals surface area contributed by atoms with Gasteiger partial charge in [-0.15, -0.1) is 0 Å². The summed E-state index contributed by atoms with van der Waals surface area (Å²) in [4.78, 5) is 15.8. The Balaban J connectivity index is 1.35. The highest BCUT2D eigenvalue weighted by atomic mass is 79.9. The van der Waals surface area contributed by atoms with E-state index in [1.165, 1.54) is 0 Å². The first-order valence-electron chi connectivity index (χ1n) is 12.0. The van der Waals surface area contributed by atoms with Crippen molar-refractivity contribution >= 4 is 57.3 Å². The maximum Gasteiger partial charge on any atom is 0.250 e. The molecule has 1 saturated heterocycles. The summed E-state index contributed by atoms with van der Waals surface area (Å²) in [5, 5.41) is 8.29. The van der Waals surface area contributed by atoms with Crippen LogP contribution in [0.5, 0.6) is 5.75 Å². The van der Waals surface area contributed by atoms with E-state index in [4.69, 9.17) is 21.1 Å². The van der Waals surface area contributed by atoms with Crippen LogP contribution in [-0.2, 0) is 11.3 Å². The first-order chi connectivity index (χ1) is 18.6. The zero-order valence-corrected chi connectivity index (χ0v) is 22.7. The molecular weight excluding hydrogens is 570 g/mol. The molecule has 11 heteroatoms. The number of aromatic nitrogens is 3. The van der Waals surface area contributed by atoms with Crippen LogP contribution in [0.1, 0.15) is 11.1 Å². The third-order valence-electron chi connectivity index (χ3n) is 5.63. The average Bonchev–Trinajstić information content (AvgIpc) is 2.94. The van der Waals surface area contributed by atoms with Crippen molar-refractivity contribution in [1.29, 1.82) is 0 Å². The fourth-order valence-electron chi connectivity index (χ4n) is 3.71. The van der Waals surface area contributed by atoms with Crippen LogP contribution in [-0.4, -0.2) is 47.5 Å². The molecule has 0 atom stereocenters. The lowest BCUT2D eigenvalue weighted by Crippen LogP contribution is -2.37. The van der Waals surface area contributed by atoms with Gasteiger partial charge >= 0.3 is 0 Å². The van der Waals surface area contributed by atoms with E-state index >= 15 is 0 Å². The van der Waals surface area contributed by atoms with Crippen molar-refractivity contribution in [3.63, 3.8) is 0 Å². The lowest BCUT2D eigenvalue weighted by molar-refractivity contribution is 0.122. The Morgan fingerprint density at radius 2 is 1.74 bits per heavy atom. The first kappa shape index (κ1) is 25.9. The first-order valence-corrected chi connectivity index (χ1v) is 13.2. The normalized spacial score (nSPS) is 13.5. The molecule has 194 valence electrons. The Labute approximate surface area is 234 Å². The van der Waals surface area contributed by atoms with Crippen LogP contribution in [0.4, 0.5) is 23.5 Å². The molecule has 0 spiro atoms. The summed E-state index contributed by atoms with van der Waals surface area (Å²) in [5.41, 5.74) is 5.48. The number of hydrazone groups is 1. The number of para-hydroxylation sites is 1. The fourth-order valence-corrected chi connectivity index (χ4v) is 4.28. The van der Waals surface area contributed by atoms with Gasteiger partial charge in [0.1, 0.15) is 12.4 Å². The van der Waals surface area contributed by atoms with Crippen molar-refractivity contribution in [1.82, 2.24) is 15.0 Å². The summed E-state index contributed by atoms with van der Waals surface area (Å²) in [6.07, 6.45) is 1.66. The molecule has 0 radical (unpaired) electrons. The minimum absolute atomic E-state index is 0.310. The Kier molecular flexibility index (Phi) is 8.64. The summed E-state index contributed by atoms with van der Waals surface area (Å²) in [5.74, 6) is 1.93. The molecule has 3 aromatic carbocycles. The molecule has 2 heterocycles. The molecule has 1 aromatic heterocycles. The van der Waals surface area contributed by atoms with E-state index in [1.807, 2.05) is 72.8 Å². The third-order valence-corrected chi connectivity index (χ3v) is 6.49. The average molecular weight is 595 g/mol. The molecule has 4 aromatic rings. The number of anilines is 4. The summed E-state index contributed by atoms with van der Waals surface area (Å²) in [6.45, 7) is 2.96. The molecule has 0 unspecified atom stereocenters. The highest BCUT2D eigenvalue weighted by Gasteiger charge is 2.17. The number of ether oxygens (including phenoxy) is 2. The molecule has 5 rings (SSSR count). The van der Waals surface area contributed by atoms with Crippen molar-refractivity contribution in [2.45, 2.75) is 6.61 Å². The molecule has 1 aliphatic heterocycles. The van der Waals surface area contributed by atoms with Gasteiger partial charge in [0.05, 0.1) is 19.4 Å². The zero-order valence-electron chi connectivity index (χ0n) is 20.3. The Bertz CT molecular complexity index is 1400. The van der Waals surface area contributed by atoms with Gasteiger partial charge in [-0.3, -0.25) is 0 Å². The number of nitrogens with one attached hydrogen (secondary N) is 2. The standard InChI is InChI=1S/C27H25BrClN7O2/c28-21-10-11-24(38-18-19-6-4-5-9-23(19)29)20(16-21)17-30-35-26-32-25(31-22-7-2-1-3-8-22)33-27(34-26)36-12-14-37-15-13-36/h1-11,16-17H,12-15,18H2,(H2,31,32,33,34,35)/b30-17+. The molecule has 0 aliphatic carbocycles. The highest BCUT2D eigenvalue weighted by Crippen LogP contribution is 2.25. The molecule has 1 aliphatic rings. The van der Waals surface area contributed by atoms with Crippen LogP contribution in [0.3, 0.4) is 0 Å². The van der Waals surface area contributed by atoms with Gasteiger partial charge in [0.2, 0.25) is 17.8 Å². The lowest BCUT2D eigenvalue weighted by Gasteiger charge is -2.27. The van der Waals surface area contributed by atoms with Gasteiger partial charge < -0.3 is 19.7 Å². The summed E-state index contributed by atoms with van der Waals surface area (Å²) in [7, 11) is 0. The molecule has 38 heavy (non-hydrogen) atoms. The summed E-state index contributed by atoms with van der Waals surface area (Å²) in [6, 6.07) is 23.0. The smallest absolute Gasteiger partial charge is 0.250 e. The summed E-state index contributed by atoms with van der Waals surface area (Å²) >= 11 is 9.80. The van der Waals surface area contributed by atoms with E-state index in [-0.39, 0.29) is 0 Å². The van der Waals surface area contributed by atoms with Crippen LogP contribution < -0.4 is 20.4 Å². The second kappa shape index (κ2) is 12.7. The number of benzene rings is 3. The lowest BCUT2D eigenvalue weighted by atomic mass is 10.2. The zero-order chi connectivity index (χ0) is 26.2. The molecule has 0 saturated carbocycles. The van der Waals surface area contributed by atoms with Crippen molar-refractivity contribution in [2.24, 2.45) is 5.10 Å². The number of nitrogens with zero attached hydrogens (tertiary/aromatic N) is 5. The molecule has 9 nitrogen and oxygen atoms in total. The second-order valence-electron chi connectivity index (χ2n) is 8.31. The predicted molar refractivity (Wildman–Crippen MR) is 154 cm³/mol. The van der Waals surface area contributed by atoms with Crippen molar-refractivity contribution in [2.75, 3.05) is 41.9 Å². The quantitative estimate of drug-likeness (QED) is 0.183. The Morgan fingerprint density at radius 1 is 0.974 bits per heavy atom. The minimum Gasteiger partial charge on any atom is -0.488 e. The predicted octanol–water partition coefficient (Wildman–Crippen LogP) is 5.89. The van der Waals surface area contributed by atoms with Gasteiger partial charge in [0.25, 0.3) is 0 Å². The van der Waals surface area contributed by atoms with Crippen LogP contribution in [0.15, 0.2) is 82.4 Å². The van der Waals surface area contributed by atoms with Gasteiger partial charge in [0.15, 0.2) is 0 Å². The summed E-state index contributed by atoms with van der Waals surface area (Å²) < 4.78 is 12.4. The monoisotopic (exact) mass is 593 g/mol. The van der Waals surface area contributed by atoms with Crippen molar-refractivity contribution < 1.29 is 9.47 Å². The fraction of sp³-hybridized carbons (Fsp3) is 0.185. The topological polar surface area (TPSA) is 96.8 Å². The minimum atomic E-state index is 0.310.